The maximum Gasteiger partial charge on any atom is 0.227 e. The number of ether oxygens (including phenoxy) is 1. The van der Waals surface area contributed by atoms with E-state index in [1.165, 1.54) is 10.7 Å². The van der Waals surface area contributed by atoms with Gasteiger partial charge in [0.1, 0.15) is 23.7 Å². The molecule has 0 aliphatic carbocycles. The van der Waals surface area contributed by atoms with Gasteiger partial charge in [-0.2, -0.15) is 5.10 Å². The average molecular weight is 407 g/mol. The zero-order valence-corrected chi connectivity index (χ0v) is 16.7. The lowest BCUT2D eigenvalue weighted by Gasteiger charge is -2.13. The van der Waals surface area contributed by atoms with Gasteiger partial charge in [0.2, 0.25) is 5.95 Å². The van der Waals surface area contributed by atoms with Crippen molar-refractivity contribution in [3.05, 3.63) is 60.3 Å². The SMILES string of the molecule is CCc1cc(Nc2ncc(F)c(-c3cnc4cccnn34)n2)cc(OCC(C)N)c1. The Morgan fingerprint density at radius 3 is 2.90 bits per heavy atom. The van der Waals surface area contributed by atoms with Crippen LogP contribution in [0, 0.1) is 5.82 Å². The van der Waals surface area contributed by atoms with Gasteiger partial charge in [0, 0.05) is 24.0 Å². The fraction of sp³-hybridized carbons (Fsp3) is 0.238. The third kappa shape index (κ3) is 4.20. The third-order valence-electron chi connectivity index (χ3n) is 4.41. The number of aromatic nitrogens is 5. The molecule has 8 nitrogen and oxygen atoms in total. The minimum Gasteiger partial charge on any atom is -0.492 e. The number of imidazole rings is 1. The Hall–Kier alpha value is -3.59. The summed E-state index contributed by atoms with van der Waals surface area (Å²) in [4.78, 5) is 12.7. The molecule has 0 aliphatic rings. The van der Waals surface area contributed by atoms with Crippen LogP contribution in [0.3, 0.4) is 0 Å². The molecule has 1 unspecified atom stereocenters. The summed E-state index contributed by atoms with van der Waals surface area (Å²) in [7, 11) is 0. The number of aryl methyl sites for hydroxylation is 1. The lowest BCUT2D eigenvalue weighted by atomic mass is 10.1. The smallest absolute Gasteiger partial charge is 0.227 e. The molecule has 0 bridgehead atoms. The van der Waals surface area contributed by atoms with Crippen molar-refractivity contribution in [1.82, 2.24) is 24.6 Å². The molecule has 3 heterocycles. The quantitative estimate of drug-likeness (QED) is 0.484. The van der Waals surface area contributed by atoms with Crippen molar-refractivity contribution in [2.45, 2.75) is 26.3 Å². The van der Waals surface area contributed by atoms with Crippen LogP contribution in [0.2, 0.25) is 0 Å². The van der Waals surface area contributed by atoms with Gasteiger partial charge in [-0.3, -0.25) is 0 Å². The number of rotatable bonds is 7. The number of anilines is 2. The van der Waals surface area contributed by atoms with Crippen molar-refractivity contribution in [3.63, 3.8) is 0 Å². The monoisotopic (exact) mass is 407 g/mol. The Labute approximate surface area is 173 Å². The predicted molar refractivity (Wildman–Crippen MR) is 112 cm³/mol. The lowest BCUT2D eigenvalue weighted by Crippen LogP contribution is -2.23. The number of fused-ring (bicyclic) bond motifs is 1. The van der Waals surface area contributed by atoms with Crippen LogP contribution in [0.5, 0.6) is 5.75 Å². The van der Waals surface area contributed by atoms with E-state index >= 15 is 0 Å². The van der Waals surface area contributed by atoms with Crippen molar-refractivity contribution < 1.29 is 9.13 Å². The normalized spacial score (nSPS) is 12.1. The van der Waals surface area contributed by atoms with Crippen LogP contribution < -0.4 is 15.8 Å². The lowest BCUT2D eigenvalue weighted by molar-refractivity contribution is 0.296. The molecule has 9 heteroatoms. The molecule has 3 N–H and O–H groups in total. The zero-order valence-electron chi connectivity index (χ0n) is 16.7. The van der Waals surface area contributed by atoms with E-state index < -0.39 is 5.82 Å². The van der Waals surface area contributed by atoms with Crippen LogP contribution in [-0.2, 0) is 6.42 Å². The largest absolute Gasteiger partial charge is 0.492 e. The van der Waals surface area contributed by atoms with E-state index in [1.54, 1.807) is 18.3 Å². The molecule has 0 fully saturated rings. The number of hydrogen-bond acceptors (Lipinski definition) is 7. The molecular formula is C21H22FN7O. The second-order valence-corrected chi connectivity index (χ2v) is 6.96. The van der Waals surface area contributed by atoms with Gasteiger partial charge in [-0.05, 0) is 43.2 Å². The standard InChI is InChI=1S/C21H22FN7O/c1-3-14-7-15(9-16(8-14)30-12-13(2)23)27-21-25-10-17(22)20(28-21)18-11-24-19-5-4-6-26-29(18)19/h4-11,13H,3,12,23H2,1-2H3,(H,25,27,28). The van der Waals surface area contributed by atoms with E-state index in [0.717, 1.165) is 23.9 Å². The predicted octanol–water partition coefficient (Wildman–Crippen LogP) is 3.36. The molecule has 0 spiro atoms. The minimum absolute atomic E-state index is 0.0752. The molecule has 4 aromatic rings. The maximum atomic E-state index is 14.5. The van der Waals surface area contributed by atoms with E-state index in [-0.39, 0.29) is 17.7 Å². The van der Waals surface area contributed by atoms with Crippen molar-refractivity contribution >= 4 is 17.3 Å². The van der Waals surface area contributed by atoms with Gasteiger partial charge in [-0.25, -0.2) is 23.9 Å². The van der Waals surface area contributed by atoms with Crippen molar-refractivity contribution in [1.29, 1.82) is 0 Å². The van der Waals surface area contributed by atoms with Crippen LogP contribution in [-0.4, -0.2) is 37.2 Å². The number of hydrogen-bond donors (Lipinski definition) is 2. The Kier molecular flexibility index (Phi) is 5.53. The number of nitrogens with zero attached hydrogens (tertiary/aromatic N) is 5. The second-order valence-electron chi connectivity index (χ2n) is 6.96. The van der Waals surface area contributed by atoms with E-state index in [4.69, 9.17) is 10.5 Å². The van der Waals surface area contributed by atoms with Crippen molar-refractivity contribution in [2.75, 3.05) is 11.9 Å². The molecule has 4 rings (SSSR count). The first-order valence-electron chi connectivity index (χ1n) is 9.64. The van der Waals surface area contributed by atoms with Gasteiger partial charge < -0.3 is 15.8 Å². The summed E-state index contributed by atoms with van der Waals surface area (Å²) in [5.74, 6) is 0.391. The highest BCUT2D eigenvalue weighted by Crippen LogP contribution is 2.26. The summed E-state index contributed by atoms with van der Waals surface area (Å²) in [5, 5.41) is 7.36. The number of benzene rings is 1. The Morgan fingerprint density at radius 1 is 1.23 bits per heavy atom. The molecule has 3 aromatic heterocycles. The van der Waals surface area contributed by atoms with Gasteiger partial charge in [-0.1, -0.05) is 6.92 Å². The Bertz CT molecular complexity index is 1180. The van der Waals surface area contributed by atoms with E-state index in [0.29, 0.717) is 23.7 Å². The molecule has 0 aliphatic heterocycles. The summed E-state index contributed by atoms with van der Waals surface area (Å²) in [6.07, 6.45) is 5.10. The fourth-order valence-electron chi connectivity index (χ4n) is 2.97. The number of halogens is 1. The summed E-state index contributed by atoms with van der Waals surface area (Å²) >= 11 is 0. The van der Waals surface area contributed by atoms with Gasteiger partial charge in [-0.15, -0.1) is 0 Å². The van der Waals surface area contributed by atoms with Crippen LogP contribution >= 0.6 is 0 Å². The Morgan fingerprint density at radius 2 is 2.10 bits per heavy atom. The topological polar surface area (TPSA) is 103 Å². The molecule has 1 aromatic carbocycles. The molecular weight excluding hydrogens is 385 g/mol. The highest BCUT2D eigenvalue weighted by molar-refractivity contribution is 5.63. The fourth-order valence-corrected chi connectivity index (χ4v) is 2.97. The molecule has 0 radical (unpaired) electrons. The maximum absolute atomic E-state index is 14.5. The zero-order chi connectivity index (χ0) is 21.1. The molecule has 1 atom stereocenters. The highest BCUT2D eigenvalue weighted by Gasteiger charge is 2.15. The third-order valence-corrected chi connectivity index (χ3v) is 4.41. The number of nitrogens with one attached hydrogen (secondary N) is 1. The van der Waals surface area contributed by atoms with Crippen molar-refractivity contribution in [2.24, 2.45) is 5.73 Å². The highest BCUT2D eigenvalue weighted by atomic mass is 19.1. The van der Waals surface area contributed by atoms with E-state index in [9.17, 15) is 4.39 Å². The average Bonchev–Trinajstić information content (AvgIpc) is 3.17. The van der Waals surface area contributed by atoms with E-state index in [1.807, 2.05) is 25.1 Å². The van der Waals surface area contributed by atoms with Gasteiger partial charge in [0.15, 0.2) is 11.5 Å². The van der Waals surface area contributed by atoms with Crippen LogP contribution in [0.15, 0.2) is 48.9 Å². The second kappa shape index (κ2) is 8.42. The molecule has 0 saturated carbocycles. The molecule has 0 saturated heterocycles. The first-order valence-corrected chi connectivity index (χ1v) is 9.64. The summed E-state index contributed by atoms with van der Waals surface area (Å²) in [5.41, 5.74) is 8.75. The van der Waals surface area contributed by atoms with Crippen LogP contribution in [0.25, 0.3) is 17.0 Å². The van der Waals surface area contributed by atoms with E-state index in [2.05, 4.69) is 32.3 Å². The first kappa shape index (κ1) is 19.7. The molecule has 30 heavy (non-hydrogen) atoms. The first-order chi connectivity index (χ1) is 14.5. The molecule has 0 amide bonds. The minimum atomic E-state index is -0.559. The van der Waals surface area contributed by atoms with Gasteiger partial charge >= 0.3 is 0 Å². The summed E-state index contributed by atoms with van der Waals surface area (Å²) < 4.78 is 21.8. The number of nitrogens with two attached hydrogens (primary N) is 1. The van der Waals surface area contributed by atoms with Gasteiger partial charge in [0.25, 0.3) is 0 Å². The Balaban J connectivity index is 1.66. The summed E-state index contributed by atoms with van der Waals surface area (Å²) in [6, 6.07) is 9.25. The van der Waals surface area contributed by atoms with Crippen LogP contribution in [0.4, 0.5) is 16.0 Å². The van der Waals surface area contributed by atoms with Gasteiger partial charge in [0.05, 0.1) is 12.4 Å². The molecule has 154 valence electrons. The van der Waals surface area contributed by atoms with Crippen LogP contribution in [0.1, 0.15) is 19.4 Å². The summed E-state index contributed by atoms with van der Waals surface area (Å²) in [6.45, 7) is 4.34. The van der Waals surface area contributed by atoms with Crippen molar-refractivity contribution in [3.8, 4) is 17.1 Å².